The Kier molecular flexibility index (Phi) is 4.01. The van der Waals surface area contributed by atoms with Crippen LogP contribution in [0, 0.1) is 6.92 Å². The zero-order valence-corrected chi connectivity index (χ0v) is 11.0. The second-order valence-corrected chi connectivity index (χ2v) is 5.05. The van der Waals surface area contributed by atoms with Crippen molar-refractivity contribution >= 4 is 5.97 Å². The molecule has 2 rings (SSSR count). The lowest BCUT2D eigenvalue weighted by atomic mass is 10.0. The normalized spacial score (nSPS) is 22.9. The zero-order chi connectivity index (χ0) is 13.1. The molecule has 18 heavy (non-hydrogen) atoms. The van der Waals surface area contributed by atoms with Gasteiger partial charge in [-0.2, -0.15) is 5.10 Å². The van der Waals surface area contributed by atoms with Gasteiger partial charge in [-0.3, -0.25) is 14.4 Å². The first-order valence-electron chi connectivity index (χ1n) is 6.59. The van der Waals surface area contributed by atoms with Crippen molar-refractivity contribution in [3.05, 3.63) is 18.0 Å². The standard InChI is InChI=1S/C13H21N3O2/c1-3-12(13(17)18)15-6-4-5-11(9-15)16-8-10(2)7-14-16/h7-8,11-12H,3-6,9H2,1-2H3,(H,17,18). The van der Waals surface area contributed by atoms with Gasteiger partial charge in [0.15, 0.2) is 0 Å². The van der Waals surface area contributed by atoms with Gasteiger partial charge in [0.05, 0.1) is 12.2 Å². The van der Waals surface area contributed by atoms with Crippen LogP contribution in [0.15, 0.2) is 12.4 Å². The van der Waals surface area contributed by atoms with Gasteiger partial charge in [0, 0.05) is 12.7 Å². The van der Waals surface area contributed by atoms with E-state index in [0.717, 1.165) is 31.5 Å². The number of nitrogens with zero attached hydrogens (tertiary/aromatic N) is 3. The Labute approximate surface area is 107 Å². The summed E-state index contributed by atoms with van der Waals surface area (Å²) in [7, 11) is 0. The fraction of sp³-hybridized carbons (Fsp3) is 0.692. The summed E-state index contributed by atoms with van der Waals surface area (Å²) in [6, 6.07) is -0.0506. The van der Waals surface area contributed by atoms with Crippen LogP contribution in [-0.2, 0) is 4.79 Å². The molecule has 0 aliphatic carbocycles. The molecular weight excluding hydrogens is 230 g/mol. The minimum atomic E-state index is -0.713. The number of carboxylic acid groups (broad SMARTS) is 1. The van der Waals surface area contributed by atoms with Gasteiger partial charge in [-0.15, -0.1) is 0 Å². The maximum atomic E-state index is 11.2. The smallest absolute Gasteiger partial charge is 0.320 e. The van der Waals surface area contributed by atoms with Crippen LogP contribution in [0.5, 0.6) is 0 Å². The molecule has 0 amide bonds. The van der Waals surface area contributed by atoms with Gasteiger partial charge in [0.25, 0.3) is 0 Å². The first-order valence-corrected chi connectivity index (χ1v) is 6.59. The summed E-state index contributed by atoms with van der Waals surface area (Å²) >= 11 is 0. The van der Waals surface area contributed by atoms with Crippen LogP contribution in [0.2, 0.25) is 0 Å². The van der Waals surface area contributed by atoms with Gasteiger partial charge < -0.3 is 5.11 Å². The molecule has 0 spiro atoms. The minimum absolute atomic E-state index is 0.306. The lowest BCUT2D eigenvalue weighted by Crippen LogP contribution is -2.46. The summed E-state index contributed by atoms with van der Waals surface area (Å²) < 4.78 is 1.98. The molecule has 0 bridgehead atoms. The maximum absolute atomic E-state index is 11.2. The molecule has 2 atom stereocenters. The Balaban J connectivity index is 2.06. The molecule has 5 heteroatoms. The summed E-state index contributed by atoms with van der Waals surface area (Å²) in [4.78, 5) is 13.3. The van der Waals surface area contributed by atoms with Gasteiger partial charge in [-0.05, 0) is 38.3 Å². The van der Waals surface area contributed by atoms with E-state index in [9.17, 15) is 9.90 Å². The molecule has 5 nitrogen and oxygen atoms in total. The molecule has 2 unspecified atom stereocenters. The molecule has 100 valence electrons. The van der Waals surface area contributed by atoms with Crippen LogP contribution < -0.4 is 0 Å². The third-order valence-corrected chi connectivity index (χ3v) is 3.65. The van der Waals surface area contributed by atoms with E-state index in [-0.39, 0.29) is 6.04 Å². The van der Waals surface area contributed by atoms with Crippen LogP contribution in [0.4, 0.5) is 0 Å². The van der Waals surface area contributed by atoms with E-state index in [1.165, 1.54) is 0 Å². The second-order valence-electron chi connectivity index (χ2n) is 5.05. The number of aromatic nitrogens is 2. The molecule has 1 aromatic rings. The Morgan fingerprint density at radius 3 is 3.00 bits per heavy atom. The average molecular weight is 251 g/mol. The molecular formula is C13H21N3O2. The Hall–Kier alpha value is -1.36. The van der Waals surface area contributed by atoms with E-state index in [1.54, 1.807) is 0 Å². The summed E-state index contributed by atoms with van der Waals surface area (Å²) in [5.41, 5.74) is 1.15. The number of aryl methyl sites for hydroxylation is 1. The third kappa shape index (κ3) is 2.72. The predicted molar refractivity (Wildman–Crippen MR) is 68.5 cm³/mol. The molecule has 1 aliphatic heterocycles. The number of carbonyl (C=O) groups is 1. The van der Waals surface area contributed by atoms with Gasteiger partial charge in [-0.1, -0.05) is 6.92 Å². The van der Waals surface area contributed by atoms with Crippen molar-refractivity contribution < 1.29 is 9.90 Å². The monoisotopic (exact) mass is 251 g/mol. The molecule has 1 saturated heterocycles. The van der Waals surface area contributed by atoms with Gasteiger partial charge >= 0.3 is 5.97 Å². The topological polar surface area (TPSA) is 58.4 Å². The third-order valence-electron chi connectivity index (χ3n) is 3.65. The minimum Gasteiger partial charge on any atom is -0.480 e. The molecule has 0 aromatic carbocycles. The lowest BCUT2D eigenvalue weighted by Gasteiger charge is -2.36. The largest absolute Gasteiger partial charge is 0.480 e. The van der Waals surface area contributed by atoms with Crippen LogP contribution in [0.1, 0.15) is 37.8 Å². The number of carboxylic acids is 1. The second kappa shape index (κ2) is 5.52. The highest BCUT2D eigenvalue weighted by Gasteiger charge is 2.29. The Morgan fingerprint density at radius 2 is 2.44 bits per heavy atom. The fourth-order valence-corrected chi connectivity index (χ4v) is 2.70. The van der Waals surface area contributed by atoms with E-state index in [1.807, 2.05) is 30.9 Å². The Bertz CT molecular complexity index is 416. The summed E-state index contributed by atoms with van der Waals surface area (Å²) in [6.07, 6.45) is 6.66. The highest BCUT2D eigenvalue weighted by molar-refractivity contribution is 5.73. The molecule has 0 saturated carbocycles. The molecule has 1 N–H and O–H groups in total. The SMILES string of the molecule is CCC(C(=O)O)N1CCCC(n2cc(C)cn2)C1. The highest BCUT2D eigenvalue weighted by Crippen LogP contribution is 2.23. The highest BCUT2D eigenvalue weighted by atomic mass is 16.4. The summed E-state index contributed by atoms with van der Waals surface area (Å²) in [6.45, 7) is 5.62. The van der Waals surface area contributed by atoms with E-state index < -0.39 is 5.97 Å². The van der Waals surface area contributed by atoms with Crippen molar-refractivity contribution in [3.63, 3.8) is 0 Å². The number of hydrogen-bond donors (Lipinski definition) is 1. The average Bonchev–Trinajstić information content (AvgIpc) is 2.77. The maximum Gasteiger partial charge on any atom is 0.320 e. The van der Waals surface area contributed by atoms with Gasteiger partial charge in [-0.25, -0.2) is 0 Å². The van der Waals surface area contributed by atoms with E-state index in [0.29, 0.717) is 12.5 Å². The number of likely N-dealkylation sites (tertiary alicyclic amines) is 1. The van der Waals surface area contributed by atoms with Crippen molar-refractivity contribution in [2.24, 2.45) is 0 Å². The molecule has 1 aromatic heterocycles. The van der Waals surface area contributed by atoms with Crippen LogP contribution >= 0.6 is 0 Å². The number of piperidine rings is 1. The molecule has 2 heterocycles. The van der Waals surface area contributed by atoms with E-state index >= 15 is 0 Å². The molecule has 0 radical (unpaired) electrons. The number of hydrogen-bond acceptors (Lipinski definition) is 3. The van der Waals surface area contributed by atoms with Crippen molar-refractivity contribution in [1.29, 1.82) is 0 Å². The van der Waals surface area contributed by atoms with Crippen molar-refractivity contribution in [3.8, 4) is 0 Å². The fourth-order valence-electron chi connectivity index (χ4n) is 2.70. The summed E-state index contributed by atoms with van der Waals surface area (Å²) in [5, 5.41) is 13.6. The lowest BCUT2D eigenvalue weighted by molar-refractivity contribution is -0.144. The molecule has 1 fully saturated rings. The quantitative estimate of drug-likeness (QED) is 0.884. The van der Waals surface area contributed by atoms with Crippen molar-refractivity contribution in [2.75, 3.05) is 13.1 Å². The first-order chi connectivity index (χ1) is 8.61. The van der Waals surface area contributed by atoms with Crippen LogP contribution in [0.3, 0.4) is 0 Å². The summed E-state index contributed by atoms with van der Waals surface area (Å²) in [5.74, 6) is -0.713. The number of aliphatic carboxylic acids is 1. The van der Waals surface area contributed by atoms with Gasteiger partial charge in [0.1, 0.15) is 6.04 Å². The Morgan fingerprint density at radius 1 is 1.67 bits per heavy atom. The van der Waals surface area contributed by atoms with E-state index in [4.69, 9.17) is 0 Å². The van der Waals surface area contributed by atoms with Crippen molar-refractivity contribution in [1.82, 2.24) is 14.7 Å². The zero-order valence-electron chi connectivity index (χ0n) is 11.0. The predicted octanol–water partition coefficient (Wildman–Crippen LogP) is 1.69. The first kappa shape index (κ1) is 13.1. The van der Waals surface area contributed by atoms with Gasteiger partial charge in [0.2, 0.25) is 0 Å². The van der Waals surface area contributed by atoms with Crippen molar-refractivity contribution in [2.45, 2.75) is 45.2 Å². The molecule has 1 aliphatic rings. The van der Waals surface area contributed by atoms with Crippen LogP contribution in [-0.4, -0.2) is 44.9 Å². The number of rotatable bonds is 4. The van der Waals surface area contributed by atoms with E-state index in [2.05, 4.69) is 10.00 Å². The van der Waals surface area contributed by atoms with Crippen LogP contribution in [0.25, 0.3) is 0 Å².